The summed E-state index contributed by atoms with van der Waals surface area (Å²) in [4.78, 5) is 15.7. The summed E-state index contributed by atoms with van der Waals surface area (Å²) in [5.41, 5.74) is -4.33. The summed E-state index contributed by atoms with van der Waals surface area (Å²) >= 11 is 0. The van der Waals surface area contributed by atoms with Gasteiger partial charge in [-0.15, -0.1) is 0 Å². The van der Waals surface area contributed by atoms with Gasteiger partial charge in [0, 0.05) is 24.5 Å². The number of aliphatic hydroxyl groups is 1. The number of pyridine rings is 1. The minimum Gasteiger partial charge on any atom is -0.364 e. The lowest BCUT2D eigenvalue weighted by Crippen LogP contribution is -2.64. The molecule has 5 nitrogen and oxygen atoms in total. The molecule has 1 aliphatic rings. The van der Waals surface area contributed by atoms with Crippen molar-refractivity contribution in [1.29, 1.82) is 0 Å². The minimum absolute atomic E-state index is 0.229. The van der Waals surface area contributed by atoms with Gasteiger partial charge in [-0.3, -0.25) is 9.78 Å². The SMILES string of the molecule is CC1=NN(C(=O)c2cccnc2)[C@@](O)(C(F)(F)C(F)(F)F)C1. The van der Waals surface area contributed by atoms with Crippen LogP contribution in [0.15, 0.2) is 29.6 Å². The Morgan fingerprint density at radius 3 is 2.50 bits per heavy atom. The van der Waals surface area contributed by atoms with Gasteiger partial charge in [-0.2, -0.15) is 32.1 Å². The van der Waals surface area contributed by atoms with Crippen LogP contribution in [0.25, 0.3) is 0 Å². The van der Waals surface area contributed by atoms with Gasteiger partial charge >= 0.3 is 12.1 Å². The van der Waals surface area contributed by atoms with Crippen LogP contribution >= 0.6 is 0 Å². The molecule has 0 radical (unpaired) electrons. The van der Waals surface area contributed by atoms with Crippen LogP contribution in [0.2, 0.25) is 0 Å². The van der Waals surface area contributed by atoms with E-state index in [0.717, 1.165) is 19.2 Å². The third kappa shape index (κ3) is 2.32. The molecule has 0 aromatic carbocycles. The first-order valence-corrected chi connectivity index (χ1v) is 5.96. The fraction of sp³-hybridized carbons (Fsp3) is 0.417. The summed E-state index contributed by atoms with van der Waals surface area (Å²) in [7, 11) is 0. The molecule has 0 saturated carbocycles. The monoisotopic (exact) mass is 323 g/mol. The second-order valence-corrected chi connectivity index (χ2v) is 4.76. The molecule has 0 unspecified atom stereocenters. The Morgan fingerprint density at radius 2 is 2.00 bits per heavy atom. The summed E-state index contributed by atoms with van der Waals surface area (Å²) < 4.78 is 65.1. The van der Waals surface area contributed by atoms with Crippen molar-refractivity contribution in [3.8, 4) is 0 Å². The van der Waals surface area contributed by atoms with E-state index in [1.807, 2.05) is 0 Å². The molecule has 22 heavy (non-hydrogen) atoms. The van der Waals surface area contributed by atoms with Crippen molar-refractivity contribution in [2.24, 2.45) is 5.10 Å². The molecular weight excluding hydrogens is 313 g/mol. The van der Waals surface area contributed by atoms with Crippen molar-refractivity contribution in [2.75, 3.05) is 0 Å². The van der Waals surface area contributed by atoms with Gasteiger partial charge in [0.15, 0.2) is 0 Å². The van der Waals surface area contributed by atoms with E-state index < -0.39 is 30.2 Å². The number of aromatic nitrogens is 1. The predicted molar refractivity (Wildman–Crippen MR) is 64.1 cm³/mol. The molecule has 120 valence electrons. The zero-order valence-corrected chi connectivity index (χ0v) is 11.1. The van der Waals surface area contributed by atoms with Crippen LogP contribution in [0, 0.1) is 0 Å². The van der Waals surface area contributed by atoms with Crippen molar-refractivity contribution in [1.82, 2.24) is 9.99 Å². The third-order valence-corrected chi connectivity index (χ3v) is 3.08. The van der Waals surface area contributed by atoms with E-state index in [2.05, 4.69) is 10.1 Å². The van der Waals surface area contributed by atoms with Gasteiger partial charge in [0.1, 0.15) is 0 Å². The number of hydrazone groups is 1. The Balaban J connectivity index is 2.47. The normalized spacial score (nSPS) is 22.7. The third-order valence-electron chi connectivity index (χ3n) is 3.08. The summed E-state index contributed by atoms with van der Waals surface area (Å²) in [6.45, 7) is 1.13. The number of amides is 1. The van der Waals surface area contributed by atoms with E-state index >= 15 is 0 Å². The maximum atomic E-state index is 13.7. The number of hydrogen-bond acceptors (Lipinski definition) is 4. The van der Waals surface area contributed by atoms with Gasteiger partial charge in [0.25, 0.3) is 5.91 Å². The first kappa shape index (κ1) is 16.3. The number of carbonyl (C=O) groups excluding carboxylic acids is 1. The lowest BCUT2D eigenvalue weighted by Gasteiger charge is -2.38. The van der Waals surface area contributed by atoms with E-state index in [9.17, 15) is 31.9 Å². The Kier molecular flexibility index (Phi) is 3.68. The highest BCUT2D eigenvalue weighted by molar-refractivity contribution is 5.97. The maximum absolute atomic E-state index is 13.7. The van der Waals surface area contributed by atoms with Gasteiger partial charge in [0.05, 0.1) is 5.56 Å². The van der Waals surface area contributed by atoms with Gasteiger partial charge in [-0.25, -0.2) is 0 Å². The lowest BCUT2D eigenvalue weighted by atomic mass is 9.98. The van der Waals surface area contributed by atoms with Crippen LogP contribution in [0.1, 0.15) is 23.7 Å². The topological polar surface area (TPSA) is 65.8 Å². The van der Waals surface area contributed by atoms with Crippen LogP contribution in [0.4, 0.5) is 22.0 Å². The second-order valence-electron chi connectivity index (χ2n) is 4.76. The average molecular weight is 323 g/mol. The largest absolute Gasteiger partial charge is 0.458 e. The van der Waals surface area contributed by atoms with Crippen LogP contribution in [-0.2, 0) is 0 Å². The van der Waals surface area contributed by atoms with Crippen molar-refractivity contribution in [2.45, 2.75) is 31.2 Å². The Morgan fingerprint density at radius 1 is 1.36 bits per heavy atom. The van der Waals surface area contributed by atoms with Gasteiger partial charge in [0.2, 0.25) is 5.72 Å². The van der Waals surface area contributed by atoms with Gasteiger partial charge in [-0.1, -0.05) is 0 Å². The molecule has 2 rings (SSSR count). The highest BCUT2D eigenvalue weighted by atomic mass is 19.4. The Labute approximate surface area is 121 Å². The molecule has 0 saturated heterocycles. The van der Waals surface area contributed by atoms with E-state index in [-0.39, 0.29) is 16.3 Å². The zero-order chi connectivity index (χ0) is 16.8. The molecule has 0 spiro atoms. The molecule has 0 aliphatic carbocycles. The summed E-state index contributed by atoms with van der Waals surface area (Å²) in [6.07, 6.45) is -4.91. The molecule has 0 fully saturated rings. The van der Waals surface area contributed by atoms with E-state index in [1.54, 1.807) is 0 Å². The van der Waals surface area contributed by atoms with Crippen molar-refractivity contribution in [3.63, 3.8) is 0 Å². The molecule has 1 aliphatic heterocycles. The average Bonchev–Trinajstić information content (AvgIpc) is 2.74. The van der Waals surface area contributed by atoms with Gasteiger partial charge < -0.3 is 5.11 Å². The van der Waals surface area contributed by atoms with Crippen LogP contribution in [-0.4, -0.2) is 44.5 Å². The zero-order valence-electron chi connectivity index (χ0n) is 11.1. The second kappa shape index (κ2) is 4.97. The highest BCUT2D eigenvalue weighted by Crippen LogP contribution is 2.49. The van der Waals surface area contributed by atoms with E-state index in [4.69, 9.17) is 0 Å². The summed E-state index contributed by atoms with van der Waals surface area (Å²) in [5.74, 6) is -6.87. The number of alkyl halides is 5. The standard InChI is InChI=1S/C12H10F5N3O2/c1-7-5-10(22,11(13,14)12(15,16)17)20(19-7)9(21)8-3-2-4-18-6-8/h2-4,6,22H,5H2,1H3/t10-/m0/s1. The predicted octanol–water partition coefficient (Wildman–Crippen LogP) is 2.19. The molecule has 1 N–H and O–H groups in total. The lowest BCUT2D eigenvalue weighted by molar-refractivity contribution is -0.362. The van der Waals surface area contributed by atoms with Crippen molar-refractivity contribution < 1.29 is 31.9 Å². The highest BCUT2D eigenvalue weighted by Gasteiger charge is 2.74. The fourth-order valence-electron chi connectivity index (χ4n) is 2.02. The number of halogens is 5. The number of rotatable bonds is 2. The Bertz CT molecular complexity index is 617. The van der Waals surface area contributed by atoms with Crippen LogP contribution < -0.4 is 0 Å². The molecule has 10 heteroatoms. The van der Waals surface area contributed by atoms with Crippen LogP contribution in [0.3, 0.4) is 0 Å². The first-order valence-electron chi connectivity index (χ1n) is 5.96. The number of hydrogen-bond donors (Lipinski definition) is 1. The molecule has 1 aromatic heterocycles. The Hall–Kier alpha value is -2.10. The molecule has 2 heterocycles. The molecule has 1 aromatic rings. The maximum Gasteiger partial charge on any atom is 0.458 e. The van der Waals surface area contributed by atoms with Crippen molar-refractivity contribution >= 4 is 11.6 Å². The fourth-order valence-corrected chi connectivity index (χ4v) is 2.02. The molecule has 1 amide bonds. The van der Waals surface area contributed by atoms with Crippen molar-refractivity contribution in [3.05, 3.63) is 30.1 Å². The van der Waals surface area contributed by atoms with Crippen LogP contribution in [0.5, 0.6) is 0 Å². The summed E-state index contributed by atoms with van der Waals surface area (Å²) in [6, 6.07) is 2.45. The molecule has 0 bridgehead atoms. The summed E-state index contributed by atoms with van der Waals surface area (Å²) in [5, 5.41) is 13.0. The smallest absolute Gasteiger partial charge is 0.364 e. The molecule has 1 atom stereocenters. The van der Waals surface area contributed by atoms with Gasteiger partial charge in [-0.05, 0) is 19.1 Å². The van der Waals surface area contributed by atoms with E-state index in [0.29, 0.717) is 0 Å². The molecular formula is C12H10F5N3O2. The quantitative estimate of drug-likeness (QED) is 0.849. The number of nitrogens with zero attached hydrogens (tertiary/aromatic N) is 3. The van der Waals surface area contributed by atoms with E-state index in [1.165, 1.54) is 12.3 Å². The number of carbonyl (C=O) groups is 1. The minimum atomic E-state index is -6.05. The first-order chi connectivity index (χ1) is 10.0.